The first-order valence-corrected chi connectivity index (χ1v) is 16.0. The number of rotatable bonds is 17. The fourth-order valence-electron chi connectivity index (χ4n) is 5.30. The van der Waals surface area contributed by atoms with Crippen molar-refractivity contribution in [2.75, 3.05) is 119 Å². The van der Waals surface area contributed by atoms with Crippen LogP contribution in [0.1, 0.15) is 52.4 Å². The standard InChI is InChI=1S/C30H62N4O8/c1-5-41-25-28(36)23-31-13-9-14-33(24-29(37)26-42-6-2)20-19-32(22-27(35)12-7-8-21-39-3)16-11-18-34(17-10-15-31)30(38)40-4/h27-29,35-37H,5-26H2,1-4H3. The second-order valence-electron chi connectivity index (χ2n) is 11.2. The van der Waals surface area contributed by atoms with Crippen molar-refractivity contribution in [3.05, 3.63) is 0 Å². The van der Waals surface area contributed by atoms with E-state index in [4.69, 9.17) is 18.9 Å². The van der Waals surface area contributed by atoms with E-state index in [1.807, 2.05) is 13.8 Å². The number of hydrogen-bond acceptors (Lipinski definition) is 11. The minimum Gasteiger partial charge on any atom is -0.453 e. The minimum atomic E-state index is -0.581. The predicted octanol–water partition coefficient (Wildman–Crippen LogP) is 1.12. The zero-order valence-electron chi connectivity index (χ0n) is 27.0. The summed E-state index contributed by atoms with van der Waals surface area (Å²) in [6.45, 7) is 13.5. The molecular formula is C30H62N4O8. The number of nitrogens with zero attached hydrogens (tertiary/aromatic N) is 4. The molecule has 0 saturated carbocycles. The molecule has 3 unspecified atom stereocenters. The van der Waals surface area contributed by atoms with E-state index >= 15 is 0 Å². The maximum absolute atomic E-state index is 12.5. The molecule has 1 saturated heterocycles. The van der Waals surface area contributed by atoms with Gasteiger partial charge in [0.15, 0.2) is 0 Å². The van der Waals surface area contributed by atoms with Crippen LogP contribution in [0.15, 0.2) is 0 Å². The Labute approximate surface area is 254 Å². The van der Waals surface area contributed by atoms with E-state index in [0.29, 0.717) is 65.8 Å². The molecule has 1 rings (SSSR count). The van der Waals surface area contributed by atoms with Gasteiger partial charge in [-0.05, 0) is 78.6 Å². The van der Waals surface area contributed by atoms with Crippen LogP contribution in [0.5, 0.6) is 0 Å². The number of aliphatic hydroxyl groups excluding tert-OH is 3. The van der Waals surface area contributed by atoms with Gasteiger partial charge < -0.3 is 44.1 Å². The van der Waals surface area contributed by atoms with E-state index in [9.17, 15) is 20.1 Å². The normalized spacial score (nSPS) is 20.0. The van der Waals surface area contributed by atoms with Crippen LogP contribution in [0.3, 0.4) is 0 Å². The number of amides is 1. The summed E-state index contributed by atoms with van der Waals surface area (Å²) in [5.41, 5.74) is 0. The summed E-state index contributed by atoms with van der Waals surface area (Å²) in [6.07, 6.45) is 3.01. The van der Waals surface area contributed by atoms with E-state index in [2.05, 4.69) is 14.7 Å². The number of ether oxygens (including phenoxy) is 4. The van der Waals surface area contributed by atoms with Gasteiger partial charge in [-0.3, -0.25) is 9.80 Å². The minimum absolute atomic E-state index is 0.297. The Bertz CT molecular complexity index is 650. The zero-order valence-corrected chi connectivity index (χ0v) is 27.0. The first-order chi connectivity index (χ1) is 20.3. The number of methoxy groups -OCH3 is 2. The molecule has 3 atom stereocenters. The Morgan fingerprint density at radius 3 is 1.57 bits per heavy atom. The number of aliphatic hydroxyl groups is 3. The lowest BCUT2D eigenvalue weighted by molar-refractivity contribution is 0.0138. The largest absolute Gasteiger partial charge is 0.453 e. The maximum Gasteiger partial charge on any atom is 0.409 e. The average Bonchev–Trinajstić information content (AvgIpc) is 2.98. The van der Waals surface area contributed by atoms with Gasteiger partial charge in [0.05, 0.1) is 38.6 Å². The van der Waals surface area contributed by atoms with Gasteiger partial charge >= 0.3 is 6.09 Å². The topological polar surface area (TPSA) is 128 Å². The van der Waals surface area contributed by atoms with E-state index in [1.54, 1.807) is 12.0 Å². The van der Waals surface area contributed by atoms with Crippen molar-refractivity contribution in [1.29, 1.82) is 0 Å². The number of β-amino-alcohol motifs (C(OH)–C–C–N with tert-alkyl or cyclic N) is 3. The summed E-state index contributed by atoms with van der Waals surface area (Å²) in [6, 6.07) is 0. The number of hydrogen-bond donors (Lipinski definition) is 3. The fourth-order valence-corrected chi connectivity index (χ4v) is 5.30. The molecule has 12 heteroatoms. The Balaban J connectivity index is 2.98. The van der Waals surface area contributed by atoms with Crippen LogP contribution in [0.4, 0.5) is 4.79 Å². The summed E-state index contributed by atoms with van der Waals surface area (Å²) in [7, 11) is 3.10. The summed E-state index contributed by atoms with van der Waals surface area (Å²) < 4.78 is 21.1. The first-order valence-electron chi connectivity index (χ1n) is 16.0. The molecule has 1 amide bonds. The highest BCUT2D eigenvalue weighted by Crippen LogP contribution is 2.09. The molecule has 1 heterocycles. The molecule has 1 aliphatic rings. The van der Waals surface area contributed by atoms with Crippen molar-refractivity contribution in [1.82, 2.24) is 19.6 Å². The fraction of sp³-hybridized carbons (Fsp3) is 0.967. The van der Waals surface area contributed by atoms with Gasteiger partial charge in [-0.1, -0.05) is 0 Å². The molecular weight excluding hydrogens is 544 g/mol. The lowest BCUT2D eigenvalue weighted by Gasteiger charge is -2.31. The molecule has 42 heavy (non-hydrogen) atoms. The summed E-state index contributed by atoms with van der Waals surface area (Å²) >= 11 is 0. The molecule has 3 N–H and O–H groups in total. The van der Waals surface area contributed by atoms with Crippen molar-refractivity contribution >= 4 is 6.09 Å². The van der Waals surface area contributed by atoms with Crippen LogP contribution < -0.4 is 0 Å². The lowest BCUT2D eigenvalue weighted by atomic mass is 10.1. The van der Waals surface area contributed by atoms with E-state index < -0.39 is 18.3 Å². The van der Waals surface area contributed by atoms with Gasteiger partial charge in [0.25, 0.3) is 0 Å². The van der Waals surface area contributed by atoms with Crippen molar-refractivity contribution < 1.29 is 39.1 Å². The van der Waals surface area contributed by atoms with Crippen LogP contribution in [-0.2, 0) is 18.9 Å². The average molecular weight is 607 g/mol. The third kappa shape index (κ3) is 19.2. The Morgan fingerprint density at radius 2 is 1.12 bits per heavy atom. The van der Waals surface area contributed by atoms with Crippen molar-refractivity contribution in [3.8, 4) is 0 Å². The van der Waals surface area contributed by atoms with Crippen LogP contribution in [0.25, 0.3) is 0 Å². The van der Waals surface area contributed by atoms with Gasteiger partial charge in [-0.2, -0.15) is 0 Å². The van der Waals surface area contributed by atoms with Crippen molar-refractivity contribution in [3.63, 3.8) is 0 Å². The van der Waals surface area contributed by atoms with Gasteiger partial charge in [0, 0.05) is 72.7 Å². The monoisotopic (exact) mass is 606 g/mol. The quantitative estimate of drug-likeness (QED) is 0.206. The third-order valence-corrected chi connectivity index (χ3v) is 7.49. The third-order valence-electron chi connectivity index (χ3n) is 7.49. The van der Waals surface area contributed by atoms with E-state index in [0.717, 1.165) is 77.8 Å². The lowest BCUT2D eigenvalue weighted by Crippen LogP contribution is -2.44. The molecule has 12 nitrogen and oxygen atoms in total. The number of carbonyl (C=O) groups excluding carboxylic acids is 1. The van der Waals surface area contributed by atoms with Gasteiger partial charge in [-0.15, -0.1) is 0 Å². The van der Waals surface area contributed by atoms with Gasteiger partial charge in [0.2, 0.25) is 0 Å². The molecule has 1 aliphatic heterocycles. The SMILES string of the molecule is CCOCC(O)CN1CCCN(CC(O)COCC)CCN(CC(O)CCCCOC)CCCN(C(=O)OC)CCC1. The number of unbranched alkanes of at least 4 members (excludes halogenated alkanes) is 1. The highest BCUT2D eigenvalue weighted by atomic mass is 16.5. The van der Waals surface area contributed by atoms with Crippen LogP contribution in [0, 0.1) is 0 Å². The van der Waals surface area contributed by atoms with Crippen molar-refractivity contribution in [2.45, 2.75) is 70.7 Å². The Kier molecular flexibility index (Phi) is 23.4. The number of carbonyl (C=O) groups is 1. The smallest absolute Gasteiger partial charge is 0.409 e. The van der Waals surface area contributed by atoms with Gasteiger partial charge in [0.1, 0.15) is 0 Å². The molecule has 1 fully saturated rings. The zero-order chi connectivity index (χ0) is 31.0. The molecule has 0 aromatic carbocycles. The molecule has 0 aromatic heterocycles. The second-order valence-corrected chi connectivity index (χ2v) is 11.2. The Morgan fingerprint density at radius 1 is 0.667 bits per heavy atom. The molecule has 0 bridgehead atoms. The summed E-state index contributed by atoms with van der Waals surface area (Å²) in [4.78, 5) is 21.1. The molecule has 0 spiro atoms. The molecule has 250 valence electrons. The van der Waals surface area contributed by atoms with E-state index in [1.165, 1.54) is 7.11 Å². The Hall–Kier alpha value is -1.09. The van der Waals surface area contributed by atoms with Crippen LogP contribution in [-0.4, -0.2) is 179 Å². The van der Waals surface area contributed by atoms with Crippen LogP contribution in [0.2, 0.25) is 0 Å². The van der Waals surface area contributed by atoms with Gasteiger partial charge in [-0.25, -0.2) is 4.79 Å². The highest BCUT2D eigenvalue weighted by Gasteiger charge is 2.20. The first kappa shape index (κ1) is 38.9. The molecule has 0 aliphatic carbocycles. The summed E-state index contributed by atoms with van der Waals surface area (Å²) in [5, 5.41) is 31.9. The maximum atomic E-state index is 12.5. The molecule has 0 radical (unpaired) electrons. The highest BCUT2D eigenvalue weighted by molar-refractivity contribution is 5.67. The molecule has 0 aromatic rings. The second kappa shape index (κ2) is 25.3. The predicted molar refractivity (Wildman–Crippen MR) is 164 cm³/mol. The summed E-state index contributed by atoms with van der Waals surface area (Å²) in [5.74, 6) is 0. The van der Waals surface area contributed by atoms with E-state index in [-0.39, 0.29) is 6.09 Å². The van der Waals surface area contributed by atoms with Crippen LogP contribution >= 0.6 is 0 Å². The van der Waals surface area contributed by atoms with Crippen molar-refractivity contribution in [2.24, 2.45) is 0 Å².